The Kier molecular flexibility index (Phi) is 25.8. The fraction of sp³-hybridized carbons (Fsp3) is 0.900. The van der Waals surface area contributed by atoms with Crippen molar-refractivity contribution in [3.05, 3.63) is 12.2 Å². The first-order chi connectivity index (χ1) is 15.8. The molecule has 0 saturated carbocycles. The minimum atomic E-state index is 0.348. The van der Waals surface area contributed by atoms with Gasteiger partial charge in [-0.3, -0.25) is 4.79 Å². The number of allylic oxidation sites excluding steroid dienone is 1. The summed E-state index contributed by atoms with van der Waals surface area (Å²) in [5.74, 6) is 0.348. The number of carbonyl (C=O) groups is 1. The lowest BCUT2D eigenvalue weighted by Gasteiger charge is -2.22. The van der Waals surface area contributed by atoms with Crippen molar-refractivity contribution in [2.75, 3.05) is 13.1 Å². The first-order valence-electron chi connectivity index (χ1n) is 14.7. The molecule has 0 aromatic rings. The van der Waals surface area contributed by atoms with Crippen molar-refractivity contribution in [2.45, 2.75) is 162 Å². The van der Waals surface area contributed by atoms with E-state index in [0.29, 0.717) is 12.3 Å². The predicted octanol–water partition coefficient (Wildman–Crippen LogP) is 10.0. The van der Waals surface area contributed by atoms with Gasteiger partial charge >= 0.3 is 0 Å². The molecule has 0 aromatic heterocycles. The molecule has 0 N–H and O–H groups in total. The van der Waals surface area contributed by atoms with Gasteiger partial charge in [-0.15, -0.1) is 0 Å². The zero-order valence-corrected chi connectivity index (χ0v) is 22.5. The van der Waals surface area contributed by atoms with Crippen molar-refractivity contribution in [1.82, 2.24) is 4.90 Å². The molecule has 0 bridgehead atoms. The fourth-order valence-electron chi connectivity index (χ4n) is 4.35. The standard InChI is InChI=1S/C30H59NO/c1-4-7-10-13-16-19-22-25-28-31(29-26-23-20-17-14-11-8-5-2)30(32)27-24-21-18-15-12-9-6-3/h21,24H,4-20,22-23,25-29H2,1-3H3/b24-21+. The number of rotatable bonds is 25. The second kappa shape index (κ2) is 26.5. The van der Waals surface area contributed by atoms with Gasteiger partial charge in [0.25, 0.3) is 0 Å². The first-order valence-corrected chi connectivity index (χ1v) is 14.7. The molecule has 0 aliphatic carbocycles. The summed E-state index contributed by atoms with van der Waals surface area (Å²) in [5.41, 5.74) is 0. The van der Waals surface area contributed by atoms with E-state index in [1.807, 2.05) is 0 Å². The maximum Gasteiger partial charge on any atom is 0.226 e. The number of hydrogen-bond acceptors (Lipinski definition) is 1. The van der Waals surface area contributed by atoms with Crippen LogP contribution in [0.25, 0.3) is 0 Å². The molecule has 0 fully saturated rings. The molecule has 2 nitrogen and oxygen atoms in total. The molecule has 0 aliphatic heterocycles. The van der Waals surface area contributed by atoms with Crippen molar-refractivity contribution < 1.29 is 4.79 Å². The molecule has 0 radical (unpaired) electrons. The lowest BCUT2D eigenvalue weighted by molar-refractivity contribution is -0.130. The quantitative estimate of drug-likeness (QED) is 0.100. The topological polar surface area (TPSA) is 20.3 Å². The smallest absolute Gasteiger partial charge is 0.226 e. The average Bonchev–Trinajstić information content (AvgIpc) is 2.80. The number of hydrogen-bond donors (Lipinski definition) is 0. The van der Waals surface area contributed by atoms with Gasteiger partial charge in [0.05, 0.1) is 0 Å². The van der Waals surface area contributed by atoms with E-state index < -0.39 is 0 Å². The molecule has 32 heavy (non-hydrogen) atoms. The summed E-state index contributed by atoms with van der Waals surface area (Å²) >= 11 is 0. The molecular formula is C30H59NO. The third-order valence-electron chi connectivity index (χ3n) is 6.60. The van der Waals surface area contributed by atoms with Crippen LogP contribution in [0, 0.1) is 0 Å². The monoisotopic (exact) mass is 449 g/mol. The van der Waals surface area contributed by atoms with E-state index >= 15 is 0 Å². The van der Waals surface area contributed by atoms with Crippen LogP contribution in [0.3, 0.4) is 0 Å². The molecule has 0 rings (SSSR count). The van der Waals surface area contributed by atoms with Crippen LogP contribution in [0.15, 0.2) is 12.2 Å². The van der Waals surface area contributed by atoms with E-state index in [-0.39, 0.29) is 0 Å². The van der Waals surface area contributed by atoms with Crippen molar-refractivity contribution in [3.8, 4) is 0 Å². The minimum absolute atomic E-state index is 0.348. The van der Waals surface area contributed by atoms with Crippen LogP contribution in [0.1, 0.15) is 162 Å². The van der Waals surface area contributed by atoms with E-state index in [1.54, 1.807) is 0 Å². The second-order valence-electron chi connectivity index (χ2n) is 9.86. The van der Waals surface area contributed by atoms with Gasteiger partial charge in [-0.25, -0.2) is 0 Å². The van der Waals surface area contributed by atoms with Gasteiger partial charge in [0.15, 0.2) is 0 Å². The van der Waals surface area contributed by atoms with Gasteiger partial charge in [0.2, 0.25) is 5.91 Å². The fourth-order valence-corrected chi connectivity index (χ4v) is 4.35. The van der Waals surface area contributed by atoms with Crippen LogP contribution in [-0.2, 0) is 4.79 Å². The molecule has 0 saturated heterocycles. The highest BCUT2D eigenvalue weighted by Gasteiger charge is 2.11. The van der Waals surface area contributed by atoms with E-state index in [9.17, 15) is 4.79 Å². The molecule has 0 aliphatic rings. The molecule has 190 valence electrons. The third-order valence-corrected chi connectivity index (χ3v) is 6.60. The van der Waals surface area contributed by atoms with Crippen LogP contribution in [0.2, 0.25) is 0 Å². The Morgan fingerprint density at radius 1 is 0.500 bits per heavy atom. The average molecular weight is 450 g/mol. The summed E-state index contributed by atoms with van der Waals surface area (Å²) in [6.45, 7) is 8.74. The number of carbonyl (C=O) groups excluding carboxylic acids is 1. The highest BCUT2D eigenvalue weighted by Crippen LogP contribution is 2.12. The number of unbranched alkanes of at least 4 members (excludes halogenated alkanes) is 18. The molecule has 2 heteroatoms. The van der Waals surface area contributed by atoms with Gasteiger partial charge < -0.3 is 4.90 Å². The Labute approximate surface area is 203 Å². The summed E-state index contributed by atoms with van der Waals surface area (Å²) in [4.78, 5) is 15.0. The van der Waals surface area contributed by atoms with Crippen molar-refractivity contribution in [3.63, 3.8) is 0 Å². The Bertz CT molecular complexity index is 384. The van der Waals surface area contributed by atoms with Crippen LogP contribution in [0.4, 0.5) is 0 Å². The van der Waals surface area contributed by atoms with Gasteiger partial charge in [-0.2, -0.15) is 0 Å². The maximum atomic E-state index is 12.8. The third kappa shape index (κ3) is 22.4. The molecular weight excluding hydrogens is 390 g/mol. The molecule has 0 aromatic carbocycles. The lowest BCUT2D eigenvalue weighted by atomic mass is 10.1. The van der Waals surface area contributed by atoms with E-state index in [1.165, 1.54) is 128 Å². The SMILES string of the molecule is CCCCCC/C=C/CC(=O)N(CCCCCCCCCC)CCCCCCCCCC. The molecule has 1 amide bonds. The van der Waals surface area contributed by atoms with Crippen LogP contribution >= 0.6 is 0 Å². The summed E-state index contributed by atoms with van der Waals surface area (Å²) in [5, 5.41) is 0. The first kappa shape index (κ1) is 31.2. The van der Waals surface area contributed by atoms with Gasteiger partial charge in [-0.1, -0.05) is 142 Å². The largest absolute Gasteiger partial charge is 0.342 e. The molecule has 0 spiro atoms. The summed E-state index contributed by atoms with van der Waals surface area (Å²) in [6.07, 6.45) is 32.6. The second-order valence-corrected chi connectivity index (χ2v) is 9.86. The Hall–Kier alpha value is -0.790. The van der Waals surface area contributed by atoms with Gasteiger partial charge in [-0.05, 0) is 25.7 Å². The van der Waals surface area contributed by atoms with E-state index in [0.717, 1.165) is 19.5 Å². The van der Waals surface area contributed by atoms with E-state index in [4.69, 9.17) is 0 Å². The van der Waals surface area contributed by atoms with Crippen molar-refractivity contribution in [1.29, 1.82) is 0 Å². The summed E-state index contributed by atoms with van der Waals surface area (Å²) in [6, 6.07) is 0. The highest BCUT2D eigenvalue weighted by atomic mass is 16.2. The van der Waals surface area contributed by atoms with Gasteiger partial charge in [0.1, 0.15) is 0 Å². The van der Waals surface area contributed by atoms with Crippen LogP contribution in [-0.4, -0.2) is 23.9 Å². The molecule has 0 atom stereocenters. The zero-order valence-electron chi connectivity index (χ0n) is 22.5. The van der Waals surface area contributed by atoms with Crippen LogP contribution in [0.5, 0.6) is 0 Å². The van der Waals surface area contributed by atoms with Crippen molar-refractivity contribution >= 4 is 5.91 Å². The number of nitrogens with zero attached hydrogens (tertiary/aromatic N) is 1. The summed E-state index contributed by atoms with van der Waals surface area (Å²) in [7, 11) is 0. The van der Waals surface area contributed by atoms with Gasteiger partial charge in [0, 0.05) is 19.5 Å². The van der Waals surface area contributed by atoms with Crippen LogP contribution < -0.4 is 0 Å². The Morgan fingerprint density at radius 2 is 0.875 bits per heavy atom. The normalized spacial score (nSPS) is 11.5. The Morgan fingerprint density at radius 3 is 1.31 bits per heavy atom. The van der Waals surface area contributed by atoms with Crippen molar-refractivity contribution in [2.24, 2.45) is 0 Å². The molecule has 0 heterocycles. The Balaban J connectivity index is 4.13. The maximum absolute atomic E-state index is 12.8. The lowest BCUT2D eigenvalue weighted by Crippen LogP contribution is -2.32. The summed E-state index contributed by atoms with van der Waals surface area (Å²) < 4.78 is 0. The minimum Gasteiger partial charge on any atom is -0.342 e. The predicted molar refractivity (Wildman–Crippen MR) is 144 cm³/mol. The highest BCUT2D eigenvalue weighted by molar-refractivity contribution is 5.77. The zero-order chi connectivity index (χ0) is 23.5. The van der Waals surface area contributed by atoms with E-state index in [2.05, 4.69) is 37.8 Å². The molecule has 0 unspecified atom stereocenters. The number of amides is 1.